The van der Waals surface area contributed by atoms with Crippen LogP contribution in [0.4, 0.5) is 5.95 Å². The van der Waals surface area contributed by atoms with Gasteiger partial charge in [-0.15, -0.1) is 0 Å². The van der Waals surface area contributed by atoms with Crippen molar-refractivity contribution < 1.29 is 28.9 Å². The Morgan fingerprint density at radius 3 is 2.35 bits per heavy atom. The highest BCUT2D eigenvalue weighted by atomic mass is 35.5. The van der Waals surface area contributed by atoms with Crippen LogP contribution in [-0.4, -0.2) is 48.1 Å². The van der Waals surface area contributed by atoms with Crippen molar-refractivity contribution >= 4 is 46.0 Å². The number of aromatic amines is 1. The molecule has 3 aromatic carbocycles. The first-order valence-electron chi connectivity index (χ1n) is 11.2. The fourth-order valence-corrected chi connectivity index (χ4v) is 4.63. The van der Waals surface area contributed by atoms with Crippen LogP contribution < -0.4 is 19.1 Å². The number of carbonyl (C=O) groups is 2. The number of imidazole rings is 1. The lowest BCUT2D eigenvalue weighted by Crippen LogP contribution is -2.30. The summed E-state index contributed by atoms with van der Waals surface area (Å²) in [5.74, 6) is -0.903. The van der Waals surface area contributed by atoms with Crippen molar-refractivity contribution in [3.63, 3.8) is 0 Å². The first kappa shape index (κ1) is 24.2. The second-order valence-corrected chi connectivity index (χ2v) is 8.64. The molecule has 0 radical (unpaired) electrons. The number of aromatic nitrogens is 2. The minimum absolute atomic E-state index is 0.153. The normalized spacial score (nSPS) is 16.9. The number of aliphatic hydroxyl groups is 1. The molecule has 4 aromatic rings. The van der Waals surface area contributed by atoms with Gasteiger partial charge >= 0.3 is 5.91 Å². The van der Waals surface area contributed by atoms with E-state index in [2.05, 4.69) is 9.97 Å². The Morgan fingerprint density at radius 1 is 0.946 bits per heavy atom. The van der Waals surface area contributed by atoms with Crippen LogP contribution in [0.5, 0.6) is 17.2 Å². The molecule has 37 heavy (non-hydrogen) atoms. The minimum atomic E-state index is -1.05. The molecule has 188 valence electrons. The van der Waals surface area contributed by atoms with Crippen LogP contribution >= 0.6 is 11.6 Å². The molecule has 2 N–H and O–H groups in total. The van der Waals surface area contributed by atoms with Gasteiger partial charge in [0.1, 0.15) is 11.5 Å². The Balaban J connectivity index is 1.78. The molecule has 1 aromatic heterocycles. The molecule has 1 amide bonds. The topological polar surface area (TPSA) is 114 Å². The van der Waals surface area contributed by atoms with Gasteiger partial charge < -0.3 is 24.3 Å². The molecule has 1 fully saturated rings. The largest absolute Gasteiger partial charge is 0.507 e. The van der Waals surface area contributed by atoms with Crippen LogP contribution in [0.2, 0.25) is 5.02 Å². The lowest BCUT2D eigenvalue weighted by molar-refractivity contribution is -0.132. The number of benzene rings is 3. The zero-order valence-corrected chi connectivity index (χ0v) is 20.9. The zero-order valence-electron chi connectivity index (χ0n) is 20.1. The van der Waals surface area contributed by atoms with Crippen molar-refractivity contribution in [2.45, 2.75) is 6.04 Å². The summed E-state index contributed by atoms with van der Waals surface area (Å²) in [6.07, 6.45) is 0. The van der Waals surface area contributed by atoms with E-state index in [0.29, 0.717) is 33.1 Å². The maximum absolute atomic E-state index is 13.5. The van der Waals surface area contributed by atoms with Crippen LogP contribution in [-0.2, 0) is 9.59 Å². The molecule has 0 spiro atoms. The number of nitrogens with zero attached hydrogens (tertiary/aromatic N) is 2. The number of rotatable bonds is 6. The number of hydrogen-bond donors (Lipinski definition) is 2. The summed E-state index contributed by atoms with van der Waals surface area (Å²) in [4.78, 5) is 35.8. The first-order valence-corrected chi connectivity index (χ1v) is 11.6. The van der Waals surface area contributed by atoms with E-state index in [0.717, 1.165) is 0 Å². The van der Waals surface area contributed by atoms with Gasteiger partial charge in [-0.1, -0.05) is 29.8 Å². The van der Waals surface area contributed by atoms with Crippen molar-refractivity contribution in [3.8, 4) is 17.2 Å². The molecular formula is C27H22ClN3O6. The molecule has 1 atom stereocenters. The van der Waals surface area contributed by atoms with E-state index in [9.17, 15) is 14.7 Å². The molecule has 1 saturated heterocycles. The number of Topliss-reactive ketones (excluding diaryl/α,β-unsaturated/α-hetero) is 1. The molecule has 1 unspecified atom stereocenters. The van der Waals surface area contributed by atoms with Gasteiger partial charge in [-0.05, 0) is 48.0 Å². The van der Waals surface area contributed by atoms with Gasteiger partial charge in [0.15, 0.2) is 11.5 Å². The van der Waals surface area contributed by atoms with Crippen LogP contribution in [0.3, 0.4) is 0 Å². The molecule has 0 bridgehead atoms. The molecule has 0 saturated carbocycles. The van der Waals surface area contributed by atoms with Gasteiger partial charge in [0, 0.05) is 5.02 Å². The third-order valence-electron chi connectivity index (χ3n) is 6.19. The Kier molecular flexibility index (Phi) is 6.22. The standard InChI is InChI=1S/C27H22ClN3O6/c1-35-19-11-9-15(28)13-16(19)24(32)22-23(14-8-10-20(36-2)21(12-14)37-3)31(26(34)25(22)33)27-29-17-6-4-5-7-18(17)30-27/h4-13,23,32H,1-3H3,(H,29,30)/b24-22+. The Bertz CT molecular complexity index is 1540. The maximum Gasteiger partial charge on any atom is 0.302 e. The van der Waals surface area contributed by atoms with E-state index < -0.39 is 23.5 Å². The van der Waals surface area contributed by atoms with E-state index in [1.54, 1.807) is 36.4 Å². The van der Waals surface area contributed by atoms with E-state index in [1.165, 1.54) is 32.3 Å². The molecule has 10 heteroatoms. The number of nitrogens with one attached hydrogen (secondary N) is 1. The minimum Gasteiger partial charge on any atom is -0.507 e. The lowest BCUT2D eigenvalue weighted by atomic mass is 9.94. The van der Waals surface area contributed by atoms with Gasteiger partial charge in [-0.2, -0.15) is 0 Å². The van der Waals surface area contributed by atoms with Gasteiger partial charge in [-0.25, -0.2) is 4.98 Å². The van der Waals surface area contributed by atoms with Crippen LogP contribution in [0.25, 0.3) is 16.8 Å². The number of ketones is 1. The SMILES string of the molecule is COc1ccc(C2/C(=C(\O)c3cc(Cl)ccc3OC)C(=O)C(=O)N2c2nc3ccccc3[nH]2)cc1OC. The third-order valence-corrected chi connectivity index (χ3v) is 6.42. The van der Waals surface area contributed by atoms with Crippen molar-refractivity contribution in [1.29, 1.82) is 0 Å². The molecule has 9 nitrogen and oxygen atoms in total. The molecule has 0 aliphatic carbocycles. The maximum atomic E-state index is 13.5. The molecular weight excluding hydrogens is 498 g/mol. The number of ether oxygens (including phenoxy) is 3. The highest BCUT2D eigenvalue weighted by molar-refractivity contribution is 6.51. The summed E-state index contributed by atoms with van der Waals surface area (Å²) < 4.78 is 16.2. The number of hydrogen-bond acceptors (Lipinski definition) is 7. The van der Waals surface area contributed by atoms with E-state index >= 15 is 0 Å². The van der Waals surface area contributed by atoms with Crippen molar-refractivity contribution in [1.82, 2.24) is 9.97 Å². The Hall–Kier alpha value is -4.50. The van der Waals surface area contributed by atoms with Gasteiger partial charge in [-0.3, -0.25) is 14.5 Å². The summed E-state index contributed by atoms with van der Waals surface area (Å²) in [6.45, 7) is 0. The fraction of sp³-hybridized carbons (Fsp3) is 0.148. The molecule has 1 aliphatic rings. The van der Waals surface area contributed by atoms with Gasteiger partial charge in [0.25, 0.3) is 5.78 Å². The lowest BCUT2D eigenvalue weighted by Gasteiger charge is -2.24. The predicted octanol–water partition coefficient (Wildman–Crippen LogP) is 4.87. The highest BCUT2D eigenvalue weighted by Crippen LogP contribution is 2.44. The monoisotopic (exact) mass is 519 g/mol. The Labute approximate surface area is 216 Å². The van der Waals surface area contributed by atoms with Crippen molar-refractivity contribution in [3.05, 3.63) is 82.4 Å². The number of amides is 1. The summed E-state index contributed by atoms with van der Waals surface area (Å²) >= 11 is 6.19. The Morgan fingerprint density at radius 2 is 1.65 bits per heavy atom. The number of carbonyl (C=O) groups excluding carboxylic acids is 2. The number of para-hydroxylation sites is 2. The highest BCUT2D eigenvalue weighted by Gasteiger charge is 2.48. The summed E-state index contributed by atoms with van der Waals surface area (Å²) in [5, 5.41) is 11.8. The summed E-state index contributed by atoms with van der Waals surface area (Å²) in [7, 11) is 4.41. The molecule has 5 rings (SSSR count). The summed E-state index contributed by atoms with van der Waals surface area (Å²) in [5.41, 5.74) is 1.80. The number of H-pyrrole nitrogens is 1. The fourth-order valence-electron chi connectivity index (χ4n) is 4.45. The van der Waals surface area contributed by atoms with E-state index in [4.69, 9.17) is 25.8 Å². The molecule has 2 heterocycles. The second kappa shape index (κ2) is 9.51. The van der Waals surface area contributed by atoms with Crippen molar-refractivity contribution in [2.75, 3.05) is 26.2 Å². The zero-order chi connectivity index (χ0) is 26.3. The third kappa shape index (κ3) is 4.03. The van der Waals surface area contributed by atoms with Gasteiger partial charge in [0.2, 0.25) is 5.95 Å². The number of aliphatic hydroxyl groups excluding tert-OH is 1. The number of methoxy groups -OCH3 is 3. The average Bonchev–Trinajstić information content (AvgIpc) is 3.46. The van der Waals surface area contributed by atoms with E-state index in [-0.39, 0.29) is 22.8 Å². The summed E-state index contributed by atoms with van der Waals surface area (Å²) in [6, 6.07) is 15.8. The second-order valence-electron chi connectivity index (χ2n) is 8.21. The first-order chi connectivity index (χ1) is 17.9. The van der Waals surface area contributed by atoms with Crippen LogP contribution in [0.1, 0.15) is 17.2 Å². The quantitative estimate of drug-likeness (QED) is 0.212. The molecule has 1 aliphatic heterocycles. The van der Waals surface area contributed by atoms with Gasteiger partial charge in [0.05, 0.1) is 49.5 Å². The smallest absolute Gasteiger partial charge is 0.302 e. The van der Waals surface area contributed by atoms with Crippen LogP contribution in [0.15, 0.2) is 66.2 Å². The number of anilines is 1. The van der Waals surface area contributed by atoms with Crippen LogP contribution in [0, 0.1) is 0 Å². The predicted molar refractivity (Wildman–Crippen MR) is 138 cm³/mol. The van der Waals surface area contributed by atoms with E-state index in [1.807, 2.05) is 18.2 Å². The van der Waals surface area contributed by atoms with Crippen molar-refractivity contribution in [2.24, 2.45) is 0 Å². The number of halogens is 1. The number of fused-ring (bicyclic) bond motifs is 1. The average molecular weight is 520 g/mol.